The maximum Gasteiger partial charge on any atom is 0.291 e. The molecule has 3 aromatic carbocycles. The van der Waals surface area contributed by atoms with Crippen LogP contribution < -0.4 is 25.0 Å². The van der Waals surface area contributed by atoms with Crippen LogP contribution in [0.3, 0.4) is 0 Å². The van der Waals surface area contributed by atoms with Gasteiger partial charge in [0, 0.05) is 31.4 Å². The Balaban J connectivity index is 1.20. The first kappa shape index (κ1) is 25.4. The zero-order valence-electron chi connectivity index (χ0n) is 21.7. The summed E-state index contributed by atoms with van der Waals surface area (Å²) in [5, 5.41) is 3.12. The van der Waals surface area contributed by atoms with Crippen molar-refractivity contribution in [3.05, 3.63) is 93.3 Å². The van der Waals surface area contributed by atoms with E-state index >= 15 is 0 Å². The van der Waals surface area contributed by atoms with Gasteiger partial charge in [-0.15, -0.1) is 0 Å². The van der Waals surface area contributed by atoms with E-state index in [9.17, 15) is 9.59 Å². The van der Waals surface area contributed by atoms with Gasteiger partial charge in [0.25, 0.3) is 5.91 Å². The van der Waals surface area contributed by atoms with Crippen molar-refractivity contribution in [3.63, 3.8) is 0 Å². The lowest BCUT2D eigenvalue weighted by atomic mass is 9.98. The van der Waals surface area contributed by atoms with Crippen LogP contribution in [0.15, 0.2) is 69.9 Å². The molecular formula is C30H30N2O6. The van der Waals surface area contributed by atoms with Gasteiger partial charge in [0.05, 0.1) is 21.3 Å². The Kier molecular flexibility index (Phi) is 7.33. The van der Waals surface area contributed by atoms with Gasteiger partial charge >= 0.3 is 0 Å². The number of benzene rings is 3. The third-order valence-electron chi connectivity index (χ3n) is 6.89. The van der Waals surface area contributed by atoms with Crippen LogP contribution in [0.1, 0.15) is 27.2 Å². The molecule has 1 aliphatic heterocycles. The minimum absolute atomic E-state index is 0.0561. The Morgan fingerprint density at radius 1 is 0.921 bits per heavy atom. The van der Waals surface area contributed by atoms with Crippen molar-refractivity contribution in [1.82, 2.24) is 4.90 Å². The van der Waals surface area contributed by atoms with Crippen molar-refractivity contribution in [2.75, 3.05) is 39.7 Å². The second kappa shape index (κ2) is 11.0. The van der Waals surface area contributed by atoms with E-state index in [0.29, 0.717) is 22.4 Å². The van der Waals surface area contributed by atoms with Crippen LogP contribution >= 0.6 is 0 Å². The van der Waals surface area contributed by atoms with Crippen LogP contribution in [0.5, 0.6) is 17.2 Å². The van der Waals surface area contributed by atoms with Gasteiger partial charge in [0.15, 0.2) is 22.7 Å². The Labute approximate surface area is 220 Å². The summed E-state index contributed by atoms with van der Waals surface area (Å²) in [5.41, 5.74) is 4.34. The fourth-order valence-electron chi connectivity index (χ4n) is 4.83. The van der Waals surface area contributed by atoms with Crippen molar-refractivity contribution in [1.29, 1.82) is 0 Å². The summed E-state index contributed by atoms with van der Waals surface area (Å²) >= 11 is 0. The summed E-state index contributed by atoms with van der Waals surface area (Å²) in [4.78, 5) is 27.8. The van der Waals surface area contributed by atoms with Crippen LogP contribution in [-0.4, -0.2) is 45.2 Å². The monoisotopic (exact) mass is 514 g/mol. The van der Waals surface area contributed by atoms with Gasteiger partial charge in [-0.25, -0.2) is 0 Å². The fourth-order valence-corrected chi connectivity index (χ4v) is 4.83. The second-order valence-corrected chi connectivity index (χ2v) is 9.21. The van der Waals surface area contributed by atoms with Gasteiger partial charge in [0.2, 0.25) is 0 Å². The lowest BCUT2D eigenvalue weighted by Gasteiger charge is -2.29. The number of fused-ring (bicyclic) bond motifs is 2. The van der Waals surface area contributed by atoms with Crippen molar-refractivity contribution >= 4 is 22.6 Å². The molecule has 1 amide bonds. The zero-order chi connectivity index (χ0) is 26.6. The number of nitrogens with zero attached hydrogens (tertiary/aromatic N) is 1. The van der Waals surface area contributed by atoms with E-state index in [1.54, 1.807) is 32.4 Å². The van der Waals surface area contributed by atoms with Gasteiger partial charge < -0.3 is 23.9 Å². The smallest absolute Gasteiger partial charge is 0.291 e. The first-order valence-electron chi connectivity index (χ1n) is 12.5. The lowest BCUT2D eigenvalue weighted by Crippen LogP contribution is -2.32. The summed E-state index contributed by atoms with van der Waals surface area (Å²) in [7, 11) is 4.81. The molecule has 8 heteroatoms. The molecule has 0 fully saturated rings. The van der Waals surface area contributed by atoms with Gasteiger partial charge in [-0.1, -0.05) is 18.2 Å². The Hall–Kier alpha value is -4.30. The van der Waals surface area contributed by atoms with Crippen LogP contribution in [-0.2, 0) is 19.4 Å². The number of hydrogen-bond acceptors (Lipinski definition) is 7. The molecular weight excluding hydrogens is 484 g/mol. The lowest BCUT2D eigenvalue weighted by molar-refractivity contribution is 0.0997. The summed E-state index contributed by atoms with van der Waals surface area (Å²) in [5.74, 6) is 1.40. The molecule has 0 aliphatic carbocycles. The number of carbonyl (C=O) groups excluding carboxylic acids is 1. The van der Waals surface area contributed by atoms with Crippen LogP contribution in [0, 0.1) is 0 Å². The molecule has 196 valence electrons. The SMILES string of the molecule is COc1cc2c(cc1OC)CN(CCc1ccc(NC(=O)c3cc(=O)c4c(OC)cccc4o3)cc1)CC2. The molecule has 1 N–H and O–H groups in total. The maximum absolute atomic E-state index is 12.8. The average molecular weight is 515 g/mol. The Morgan fingerprint density at radius 3 is 2.34 bits per heavy atom. The molecule has 8 nitrogen and oxygen atoms in total. The summed E-state index contributed by atoms with van der Waals surface area (Å²) in [6, 6.07) is 18.1. The molecule has 4 aromatic rings. The summed E-state index contributed by atoms with van der Waals surface area (Å²) in [6.45, 7) is 2.78. The number of rotatable bonds is 8. The second-order valence-electron chi connectivity index (χ2n) is 9.21. The van der Waals surface area contributed by atoms with E-state index in [1.807, 2.05) is 24.3 Å². The molecule has 0 saturated carbocycles. The largest absolute Gasteiger partial charge is 0.496 e. The molecule has 5 rings (SSSR count). The van der Waals surface area contributed by atoms with Crippen LogP contribution in [0.2, 0.25) is 0 Å². The third kappa shape index (κ3) is 5.21. The van der Waals surface area contributed by atoms with E-state index < -0.39 is 5.91 Å². The molecule has 1 aromatic heterocycles. The number of nitrogens with one attached hydrogen (secondary N) is 1. The number of ether oxygens (including phenoxy) is 3. The molecule has 1 aliphatic rings. The van der Waals surface area contributed by atoms with Gasteiger partial charge in [-0.3, -0.25) is 14.5 Å². The Bertz CT molecular complexity index is 1530. The summed E-state index contributed by atoms with van der Waals surface area (Å²) < 4.78 is 21.8. The highest BCUT2D eigenvalue weighted by molar-refractivity contribution is 6.03. The fraction of sp³-hybridized carbons (Fsp3) is 0.267. The molecule has 0 bridgehead atoms. The highest BCUT2D eigenvalue weighted by atomic mass is 16.5. The average Bonchev–Trinajstić information content (AvgIpc) is 2.95. The highest BCUT2D eigenvalue weighted by Crippen LogP contribution is 2.33. The van der Waals surface area contributed by atoms with Crippen LogP contribution in [0.4, 0.5) is 5.69 Å². The van der Waals surface area contributed by atoms with Gasteiger partial charge in [-0.05, 0) is 65.9 Å². The first-order valence-corrected chi connectivity index (χ1v) is 12.5. The number of anilines is 1. The predicted octanol–water partition coefficient (Wildman–Crippen LogP) is 4.67. The standard InChI is InChI=1S/C30H30N2O6/c1-35-24-5-4-6-25-29(24)23(33)17-28(38-25)30(34)31-22-9-7-19(8-10-22)11-13-32-14-12-20-15-26(36-2)27(37-3)16-21(20)18-32/h4-10,15-17H,11-14,18H2,1-3H3,(H,31,34). The van der Waals surface area contributed by atoms with Crippen molar-refractivity contribution in [2.45, 2.75) is 19.4 Å². The number of amides is 1. The molecule has 2 heterocycles. The quantitative estimate of drug-likeness (QED) is 0.365. The molecule has 0 radical (unpaired) electrons. The van der Waals surface area contributed by atoms with Crippen molar-refractivity contribution in [2.24, 2.45) is 0 Å². The van der Waals surface area contributed by atoms with E-state index in [0.717, 1.165) is 44.0 Å². The molecule has 0 saturated heterocycles. The molecule has 0 unspecified atom stereocenters. The zero-order valence-corrected chi connectivity index (χ0v) is 21.7. The van der Waals surface area contributed by atoms with Crippen molar-refractivity contribution < 1.29 is 23.4 Å². The molecule has 0 spiro atoms. The van der Waals surface area contributed by atoms with Gasteiger partial charge in [-0.2, -0.15) is 0 Å². The summed E-state index contributed by atoms with van der Waals surface area (Å²) in [6.07, 6.45) is 1.86. The first-order chi connectivity index (χ1) is 18.5. The Morgan fingerprint density at radius 2 is 1.63 bits per heavy atom. The van der Waals surface area contributed by atoms with E-state index in [1.165, 1.54) is 29.9 Å². The molecule has 38 heavy (non-hydrogen) atoms. The topological polar surface area (TPSA) is 90.2 Å². The number of hydrogen-bond donors (Lipinski definition) is 1. The van der Waals surface area contributed by atoms with Gasteiger partial charge in [0.1, 0.15) is 16.7 Å². The number of carbonyl (C=O) groups is 1. The third-order valence-corrected chi connectivity index (χ3v) is 6.89. The van der Waals surface area contributed by atoms with Crippen molar-refractivity contribution in [3.8, 4) is 17.2 Å². The minimum atomic E-state index is -0.487. The number of methoxy groups -OCH3 is 3. The normalized spacial score (nSPS) is 13.1. The predicted molar refractivity (Wildman–Crippen MR) is 146 cm³/mol. The van der Waals surface area contributed by atoms with E-state index in [2.05, 4.69) is 22.3 Å². The van der Waals surface area contributed by atoms with Crippen LogP contribution in [0.25, 0.3) is 11.0 Å². The molecule has 0 atom stereocenters. The minimum Gasteiger partial charge on any atom is -0.496 e. The maximum atomic E-state index is 12.8. The van der Waals surface area contributed by atoms with E-state index in [-0.39, 0.29) is 11.2 Å². The highest BCUT2D eigenvalue weighted by Gasteiger charge is 2.19. The van der Waals surface area contributed by atoms with E-state index in [4.69, 9.17) is 18.6 Å².